The molecule has 0 aliphatic carbocycles. The molecule has 1 aromatic carbocycles. The zero-order chi connectivity index (χ0) is 10.4. The van der Waals surface area contributed by atoms with Crippen LogP contribution in [-0.2, 0) is 4.79 Å². The zero-order valence-electron chi connectivity index (χ0n) is 8.44. The topological polar surface area (TPSA) is 26.3 Å². The molecule has 74 valence electrons. The number of carbonyl (C=O) groups excluding carboxylic acids is 1. The number of rotatable bonds is 4. The molecule has 0 aromatic heterocycles. The molecule has 0 unspecified atom stereocenters. The molecule has 1 aromatic rings. The van der Waals surface area contributed by atoms with E-state index in [2.05, 4.69) is 0 Å². The highest BCUT2D eigenvalue weighted by Crippen LogP contribution is 2.14. The zero-order valence-corrected chi connectivity index (χ0v) is 8.44. The van der Waals surface area contributed by atoms with Gasteiger partial charge in [-0.25, -0.2) is 0 Å². The minimum Gasteiger partial charge on any atom is -0.491 e. The predicted octanol–water partition coefficient (Wildman–Crippen LogP) is 2.69. The van der Waals surface area contributed by atoms with E-state index in [1.807, 2.05) is 38.1 Å². The molecular weight excluding hydrogens is 176 g/mol. The fraction of sp³-hybridized carbons (Fsp3) is 0.250. The van der Waals surface area contributed by atoms with Gasteiger partial charge in [0.25, 0.3) is 0 Å². The van der Waals surface area contributed by atoms with Crippen LogP contribution >= 0.6 is 0 Å². The molecule has 0 spiro atoms. The third-order valence-corrected chi connectivity index (χ3v) is 1.62. The highest BCUT2D eigenvalue weighted by atomic mass is 16.5. The van der Waals surface area contributed by atoms with E-state index in [9.17, 15) is 4.79 Å². The summed E-state index contributed by atoms with van der Waals surface area (Å²) in [5.74, 6) is 0.850. The Kier molecular flexibility index (Phi) is 3.92. The van der Waals surface area contributed by atoms with Crippen LogP contribution in [0.2, 0.25) is 0 Å². The number of hydrogen-bond acceptors (Lipinski definition) is 2. The molecule has 0 aliphatic rings. The summed E-state index contributed by atoms with van der Waals surface area (Å²) in [6.45, 7) is 3.97. The summed E-state index contributed by atoms with van der Waals surface area (Å²) in [7, 11) is 0. The number of aldehydes is 1. The summed E-state index contributed by atoms with van der Waals surface area (Å²) < 4.78 is 5.48. The Labute approximate surface area is 84.2 Å². The van der Waals surface area contributed by atoms with Crippen molar-refractivity contribution in [3.05, 3.63) is 35.9 Å². The van der Waals surface area contributed by atoms with Crippen molar-refractivity contribution in [2.24, 2.45) is 0 Å². The Hall–Kier alpha value is -1.57. The molecule has 0 amide bonds. The Morgan fingerprint density at radius 1 is 1.21 bits per heavy atom. The number of benzene rings is 1. The summed E-state index contributed by atoms with van der Waals surface area (Å²) in [5, 5.41) is 0. The van der Waals surface area contributed by atoms with E-state index in [1.54, 1.807) is 6.08 Å². The molecule has 0 radical (unpaired) electrons. The molecule has 0 saturated carbocycles. The summed E-state index contributed by atoms with van der Waals surface area (Å²) in [5.41, 5.74) is 0.994. The van der Waals surface area contributed by atoms with Crippen LogP contribution in [-0.4, -0.2) is 12.4 Å². The summed E-state index contributed by atoms with van der Waals surface area (Å²) in [4.78, 5) is 10.1. The lowest BCUT2D eigenvalue weighted by Gasteiger charge is -2.09. The highest BCUT2D eigenvalue weighted by Gasteiger charge is 1.95. The molecule has 14 heavy (non-hydrogen) atoms. The molecule has 0 aliphatic heterocycles. The van der Waals surface area contributed by atoms with Gasteiger partial charge in [-0.15, -0.1) is 0 Å². The third-order valence-electron chi connectivity index (χ3n) is 1.62. The Bertz CT molecular complexity index is 310. The van der Waals surface area contributed by atoms with Gasteiger partial charge in [-0.1, -0.05) is 18.2 Å². The first-order valence-electron chi connectivity index (χ1n) is 4.61. The Morgan fingerprint density at radius 2 is 1.86 bits per heavy atom. The Morgan fingerprint density at radius 3 is 2.36 bits per heavy atom. The van der Waals surface area contributed by atoms with Gasteiger partial charge in [0.2, 0.25) is 0 Å². The van der Waals surface area contributed by atoms with Gasteiger partial charge in [0.1, 0.15) is 12.0 Å². The molecular formula is C12H14O2. The van der Waals surface area contributed by atoms with E-state index in [0.717, 1.165) is 17.6 Å². The molecule has 1 rings (SSSR count). The lowest BCUT2D eigenvalue weighted by atomic mass is 10.2. The number of ether oxygens (including phenoxy) is 1. The van der Waals surface area contributed by atoms with Crippen molar-refractivity contribution in [3.63, 3.8) is 0 Å². The molecule has 0 atom stereocenters. The summed E-state index contributed by atoms with van der Waals surface area (Å²) in [6.07, 6.45) is 4.18. The number of hydrogen-bond donors (Lipinski definition) is 0. The molecule has 0 saturated heterocycles. The first-order valence-corrected chi connectivity index (χ1v) is 4.61. The maximum absolute atomic E-state index is 10.1. The second-order valence-corrected chi connectivity index (χ2v) is 3.23. The van der Waals surface area contributed by atoms with Gasteiger partial charge in [0, 0.05) is 0 Å². The normalized spacial score (nSPS) is 10.8. The maximum Gasteiger partial charge on any atom is 0.142 e. The van der Waals surface area contributed by atoms with E-state index in [0.29, 0.717) is 0 Å². The second-order valence-electron chi connectivity index (χ2n) is 3.23. The van der Waals surface area contributed by atoms with Gasteiger partial charge in [-0.3, -0.25) is 4.79 Å². The quantitative estimate of drug-likeness (QED) is 0.539. The lowest BCUT2D eigenvalue weighted by Crippen LogP contribution is -2.05. The minimum absolute atomic E-state index is 0.186. The van der Waals surface area contributed by atoms with Gasteiger partial charge in [0.15, 0.2) is 0 Å². The molecule has 0 bridgehead atoms. The monoisotopic (exact) mass is 190 g/mol. The van der Waals surface area contributed by atoms with Crippen LogP contribution in [0.15, 0.2) is 30.3 Å². The second kappa shape index (κ2) is 5.22. The molecule has 0 heterocycles. The standard InChI is InChI=1S/C12H14O2/c1-10(2)14-12-7-5-11(6-8-12)4-3-9-13/h3-10H,1-2H3. The van der Waals surface area contributed by atoms with Crippen molar-refractivity contribution >= 4 is 12.4 Å². The van der Waals surface area contributed by atoms with Crippen molar-refractivity contribution in [1.29, 1.82) is 0 Å². The van der Waals surface area contributed by atoms with Crippen molar-refractivity contribution in [2.45, 2.75) is 20.0 Å². The molecule has 2 nitrogen and oxygen atoms in total. The highest BCUT2D eigenvalue weighted by molar-refractivity contribution is 5.73. The molecule has 0 N–H and O–H groups in total. The average molecular weight is 190 g/mol. The first kappa shape index (κ1) is 10.5. The number of allylic oxidation sites excluding steroid dienone is 1. The van der Waals surface area contributed by atoms with Crippen molar-refractivity contribution < 1.29 is 9.53 Å². The van der Waals surface area contributed by atoms with E-state index in [1.165, 1.54) is 6.08 Å². The molecule has 0 fully saturated rings. The van der Waals surface area contributed by atoms with Crippen LogP contribution < -0.4 is 4.74 Å². The van der Waals surface area contributed by atoms with Gasteiger partial charge < -0.3 is 4.74 Å². The largest absolute Gasteiger partial charge is 0.491 e. The summed E-state index contributed by atoms with van der Waals surface area (Å²) >= 11 is 0. The maximum atomic E-state index is 10.1. The fourth-order valence-corrected chi connectivity index (χ4v) is 1.08. The van der Waals surface area contributed by atoms with Gasteiger partial charge in [-0.05, 0) is 37.6 Å². The minimum atomic E-state index is 0.186. The van der Waals surface area contributed by atoms with Gasteiger partial charge in [0.05, 0.1) is 6.10 Å². The van der Waals surface area contributed by atoms with E-state index in [-0.39, 0.29) is 6.10 Å². The van der Waals surface area contributed by atoms with Crippen molar-refractivity contribution in [1.82, 2.24) is 0 Å². The van der Waals surface area contributed by atoms with Crippen LogP contribution in [0.1, 0.15) is 19.4 Å². The van der Waals surface area contributed by atoms with E-state index >= 15 is 0 Å². The van der Waals surface area contributed by atoms with E-state index in [4.69, 9.17) is 4.74 Å². The molecule has 2 heteroatoms. The average Bonchev–Trinajstić information content (AvgIpc) is 2.16. The number of carbonyl (C=O) groups is 1. The summed E-state index contributed by atoms with van der Waals surface area (Å²) in [6, 6.07) is 7.62. The third kappa shape index (κ3) is 3.44. The van der Waals surface area contributed by atoms with Gasteiger partial charge >= 0.3 is 0 Å². The predicted molar refractivity (Wildman–Crippen MR) is 57.3 cm³/mol. The lowest BCUT2D eigenvalue weighted by molar-refractivity contribution is -0.104. The van der Waals surface area contributed by atoms with E-state index < -0.39 is 0 Å². The van der Waals surface area contributed by atoms with Crippen molar-refractivity contribution in [3.8, 4) is 5.75 Å². The first-order chi connectivity index (χ1) is 6.72. The van der Waals surface area contributed by atoms with Gasteiger partial charge in [-0.2, -0.15) is 0 Å². The fourth-order valence-electron chi connectivity index (χ4n) is 1.08. The Balaban J connectivity index is 2.68. The van der Waals surface area contributed by atoms with Crippen LogP contribution in [0.5, 0.6) is 5.75 Å². The van der Waals surface area contributed by atoms with Crippen molar-refractivity contribution in [2.75, 3.05) is 0 Å². The van der Waals surface area contributed by atoms with Crippen LogP contribution in [0.3, 0.4) is 0 Å². The van der Waals surface area contributed by atoms with Crippen LogP contribution in [0.25, 0.3) is 6.08 Å². The van der Waals surface area contributed by atoms with Crippen LogP contribution in [0, 0.1) is 0 Å². The smallest absolute Gasteiger partial charge is 0.142 e. The SMILES string of the molecule is CC(C)Oc1ccc(C=CC=O)cc1. The van der Waals surface area contributed by atoms with Crippen LogP contribution in [0.4, 0.5) is 0 Å².